The van der Waals surface area contributed by atoms with Crippen molar-refractivity contribution in [3.63, 3.8) is 0 Å². The SMILES string of the molecule is Cc1ccccc1C(=O)N(Cc1ccccc1Cl)C1CC(=O)N(c2ccccc2)C1=O. The number of benzene rings is 3. The predicted molar refractivity (Wildman–Crippen MR) is 120 cm³/mol. The van der Waals surface area contributed by atoms with Crippen LogP contribution in [0.25, 0.3) is 0 Å². The molecule has 0 aromatic heterocycles. The van der Waals surface area contributed by atoms with Crippen LogP contribution >= 0.6 is 11.6 Å². The first kappa shape index (κ1) is 20.8. The monoisotopic (exact) mass is 432 g/mol. The van der Waals surface area contributed by atoms with Crippen molar-refractivity contribution in [2.24, 2.45) is 0 Å². The first-order chi connectivity index (χ1) is 15.0. The number of amides is 3. The number of para-hydroxylation sites is 1. The molecule has 1 unspecified atom stereocenters. The summed E-state index contributed by atoms with van der Waals surface area (Å²) in [7, 11) is 0. The number of nitrogens with zero attached hydrogens (tertiary/aromatic N) is 2. The molecule has 0 radical (unpaired) electrons. The molecule has 4 rings (SSSR count). The third-order valence-corrected chi connectivity index (χ3v) is 5.82. The molecule has 1 aliphatic rings. The summed E-state index contributed by atoms with van der Waals surface area (Å²) in [5.41, 5.74) is 2.51. The first-order valence-corrected chi connectivity index (χ1v) is 10.4. The Kier molecular flexibility index (Phi) is 5.87. The Morgan fingerprint density at radius 1 is 0.968 bits per heavy atom. The minimum absolute atomic E-state index is 0.0736. The van der Waals surface area contributed by atoms with Crippen LogP contribution in [-0.2, 0) is 16.1 Å². The van der Waals surface area contributed by atoms with Gasteiger partial charge < -0.3 is 4.90 Å². The van der Waals surface area contributed by atoms with Crippen molar-refractivity contribution < 1.29 is 14.4 Å². The van der Waals surface area contributed by atoms with Crippen LogP contribution in [0.3, 0.4) is 0 Å². The molecule has 1 aliphatic heterocycles. The largest absolute Gasteiger partial charge is 0.322 e. The van der Waals surface area contributed by atoms with E-state index in [0.29, 0.717) is 21.8 Å². The van der Waals surface area contributed by atoms with Crippen molar-refractivity contribution >= 4 is 35.0 Å². The topological polar surface area (TPSA) is 57.7 Å². The second-order valence-corrected chi connectivity index (χ2v) is 7.87. The van der Waals surface area contributed by atoms with Gasteiger partial charge in [0.05, 0.1) is 12.1 Å². The number of carbonyl (C=O) groups is 3. The van der Waals surface area contributed by atoms with Crippen LogP contribution in [-0.4, -0.2) is 28.7 Å². The maximum atomic E-state index is 13.6. The standard InChI is InChI=1S/C25H21ClN2O3/c1-17-9-5-7-13-20(17)24(30)27(16-18-10-6-8-14-21(18)26)22-15-23(29)28(25(22)31)19-11-3-2-4-12-19/h2-14,22H,15-16H2,1H3. The summed E-state index contributed by atoms with van der Waals surface area (Å²) in [5.74, 6) is -1.05. The van der Waals surface area contributed by atoms with Gasteiger partial charge in [-0.05, 0) is 42.3 Å². The molecule has 0 N–H and O–H groups in total. The summed E-state index contributed by atoms with van der Waals surface area (Å²) in [6.45, 7) is 1.97. The van der Waals surface area contributed by atoms with Gasteiger partial charge in [0.25, 0.3) is 11.8 Å². The Balaban J connectivity index is 1.73. The van der Waals surface area contributed by atoms with E-state index in [1.165, 1.54) is 4.90 Å². The van der Waals surface area contributed by atoms with Crippen molar-refractivity contribution in [1.29, 1.82) is 0 Å². The highest BCUT2D eigenvalue weighted by Gasteiger charge is 2.44. The molecule has 156 valence electrons. The molecule has 0 saturated carbocycles. The Bertz CT molecular complexity index is 1150. The van der Waals surface area contributed by atoms with E-state index in [2.05, 4.69) is 0 Å². The molecule has 3 aromatic carbocycles. The Morgan fingerprint density at radius 2 is 1.61 bits per heavy atom. The van der Waals surface area contributed by atoms with E-state index in [4.69, 9.17) is 11.6 Å². The van der Waals surface area contributed by atoms with E-state index in [0.717, 1.165) is 10.5 Å². The van der Waals surface area contributed by atoms with Crippen molar-refractivity contribution in [3.05, 3.63) is 101 Å². The Labute approximate surface area is 185 Å². The molecule has 0 spiro atoms. The van der Waals surface area contributed by atoms with Crippen molar-refractivity contribution in [2.75, 3.05) is 4.90 Å². The van der Waals surface area contributed by atoms with Crippen LogP contribution in [0.1, 0.15) is 27.9 Å². The molecule has 0 bridgehead atoms. The van der Waals surface area contributed by atoms with Gasteiger partial charge in [-0.1, -0.05) is 66.2 Å². The van der Waals surface area contributed by atoms with Gasteiger partial charge in [0.15, 0.2) is 0 Å². The van der Waals surface area contributed by atoms with Crippen LogP contribution < -0.4 is 4.90 Å². The highest BCUT2D eigenvalue weighted by molar-refractivity contribution is 6.31. The third-order valence-electron chi connectivity index (χ3n) is 5.45. The summed E-state index contributed by atoms with van der Waals surface area (Å²) >= 11 is 6.35. The number of rotatable bonds is 5. The molecular weight excluding hydrogens is 412 g/mol. The highest BCUT2D eigenvalue weighted by Crippen LogP contribution is 2.29. The molecule has 1 heterocycles. The van der Waals surface area contributed by atoms with E-state index >= 15 is 0 Å². The molecule has 3 aromatic rings. The van der Waals surface area contributed by atoms with Gasteiger partial charge in [0, 0.05) is 17.1 Å². The normalized spacial score (nSPS) is 15.9. The van der Waals surface area contributed by atoms with E-state index < -0.39 is 11.9 Å². The minimum Gasteiger partial charge on any atom is -0.322 e. The van der Waals surface area contributed by atoms with Crippen LogP contribution in [0.2, 0.25) is 5.02 Å². The number of hydrogen-bond donors (Lipinski definition) is 0. The fourth-order valence-electron chi connectivity index (χ4n) is 3.81. The lowest BCUT2D eigenvalue weighted by Crippen LogP contribution is -2.45. The lowest BCUT2D eigenvalue weighted by atomic mass is 10.0. The predicted octanol–water partition coefficient (Wildman–Crippen LogP) is 4.62. The van der Waals surface area contributed by atoms with Crippen molar-refractivity contribution in [1.82, 2.24) is 4.90 Å². The van der Waals surface area contributed by atoms with Gasteiger partial charge in [-0.15, -0.1) is 0 Å². The first-order valence-electron chi connectivity index (χ1n) is 9.99. The summed E-state index contributed by atoms with van der Waals surface area (Å²) in [5, 5.41) is 0.502. The average molecular weight is 433 g/mol. The van der Waals surface area contributed by atoms with E-state index in [-0.39, 0.29) is 24.8 Å². The van der Waals surface area contributed by atoms with E-state index in [1.54, 1.807) is 48.5 Å². The molecular formula is C25H21ClN2O3. The maximum Gasteiger partial charge on any atom is 0.257 e. The quantitative estimate of drug-likeness (QED) is 0.552. The number of anilines is 1. The zero-order valence-corrected chi connectivity index (χ0v) is 17.8. The molecule has 1 fully saturated rings. The van der Waals surface area contributed by atoms with Crippen LogP contribution in [0.5, 0.6) is 0 Å². The van der Waals surface area contributed by atoms with Gasteiger partial charge in [0.1, 0.15) is 6.04 Å². The third kappa shape index (κ3) is 4.09. The fourth-order valence-corrected chi connectivity index (χ4v) is 4.00. The summed E-state index contributed by atoms with van der Waals surface area (Å²) in [6.07, 6.45) is -0.0736. The number of hydrogen-bond acceptors (Lipinski definition) is 3. The zero-order valence-electron chi connectivity index (χ0n) is 17.0. The summed E-state index contributed by atoms with van der Waals surface area (Å²) < 4.78 is 0. The number of carbonyl (C=O) groups excluding carboxylic acids is 3. The molecule has 1 atom stereocenters. The average Bonchev–Trinajstić information content (AvgIpc) is 3.07. The summed E-state index contributed by atoms with van der Waals surface area (Å²) in [6, 6.07) is 22.3. The number of halogens is 1. The van der Waals surface area contributed by atoms with Crippen molar-refractivity contribution in [2.45, 2.75) is 25.9 Å². The van der Waals surface area contributed by atoms with Gasteiger partial charge >= 0.3 is 0 Å². The maximum absolute atomic E-state index is 13.6. The molecule has 3 amide bonds. The van der Waals surface area contributed by atoms with E-state index in [1.807, 2.05) is 37.3 Å². The minimum atomic E-state index is -0.906. The fraction of sp³-hybridized carbons (Fsp3) is 0.160. The molecule has 1 saturated heterocycles. The Hall–Kier alpha value is -3.44. The van der Waals surface area contributed by atoms with Gasteiger partial charge in [-0.3, -0.25) is 14.4 Å². The molecule has 0 aliphatic carbocycles. The smallest absolute Gasteiger partial charge is 0.257 e. The van der Waals surface area contributed by atoms with Gasteiger partial charge in [0.2, 0.25) is 5.91 Å². The molecule has 5 nitrogen and oxygen atoms in total. The van der Waals surface area contributed by atoms with Gasteiger partial charge in [-0.25, -0.2) is 4.90 Å². The van der Waals surface area contributed by atoms with Crippen LogP contribution in [0.15, 0.2) is 78.9 Å². The van der Waals surface area contributed by atoms with E-state index in [9.17, 15) is 14.4 Å². The van der Waals surface area contributed by atoms with Crippen LogP contribution in [0, 0.1) is 6.92 Å². The highest BCUT2D eigenvalue weighted by atomic mass is 35.5. The number of aryl methyl sites for hydroxylation is 1. The lowest BCUT2D eigenvalue weighted by molar-refractivity contribution is -0.122. The van der Waals surface area contributed by atoms with Crippen LogP contribution in [0.4, 0.5) is 5.69 Å². The number of imide groups is 1. The second kappa shape index (κ2) is 8.74. The second-order valence-electron chi connectivity index (χ2n) is 7.46. The lowest BCUT2D eigenvalue weighted by Gasteiger charge is -2.28. The van der Waals surface area contributed by atoms with Gasteiger partial charge in [-0.2, -0.15) is 0 Å². The molecule has 31 heavy (non-hydrogen) atoms. The van der Waals surface area contributed by atoms with Crippen molar-refractivity contribution in [3.8, 4) is 0 Å². The molecule has 6 heteroatoms. The summed E-state index contributed by atoms with van der Waals surface area (Å²) in [4.78, 5) is 42.3. The zero-order chi connectivity index (χ0) is 22.0. The Morgan fingerprint density at radius 3 is 2.32 bits per heavy atom.